The van der Waals surface area contributed by atoms with Gasteiger partial charge in [-0.3, -0.25) is 9.69 Å². The number of hydrogen-bond acceptors (Lipinski definition) is 5. The van der Waals surface area contributed by atoms with Gasteiger partial charge in [0, 0.05) is 36.6 Å². The van der Waals surface area contributed by atoms with Gasteiger partial charge < -0.3 is 14.8 Å². The van der Waals surface area contributed by atoms with Crippen LogP contribution in [0.25, 0.3) is 0 Å². The smallest absolute Gasteiger partial charge is 0.227 e. The molecule has 2 aromatic rings. The number of methoxy groups -OCH3 is 1. The van der Waals surface area contributed by atoms with Gasteiger partial charge in [-0.05, 0) is 42.3 Å². The molecule has 6 heteroatoms. The fourth-order valence-electron chi connectivity index (χ4n) is 3.83. The van der Waals surface area contributed by atoms with E-state index in [0.29, 0.717) is 6.61 Å². The molecule has 1 aromatic heterocycles. The summed E-state index contributed by atoms with van der Waals surface area (Å²) in [6, 6.07) is 10.4. The van der Waals surface area contributed by atoms with Crippen LogP contribution in [0.2, 0.25) is 0 Å². The van der Waals surface area contributed by atoms with Crippen LogP contribution in [0.5, 0.6) is 11.5 Å². The summed E-state index contributed by atoms with van der Waals surface area (Å²) >= 11 is 1.81. The third kappa shape index (κ3) is 4.45. The molecule has 0 radical (unpaired) electrons. The average molecular weight is 387 g/mol. The second kappa shape index (κ2) is 8.31. The average Bonchev–Trinajstić information content (AvgIpc) is 3.21. The Morgan fingerprint density at radius 2 is 2.19 bits per heavy atom. The number of benzene rings is 1. The fourth-order valence-corrected chi connectivity index (χ4v) is 4.57. The predicted octanol–water partition coefficient (Wildman–Crippen LogP) is 3.09. The highest BCUT2D eigenvalue weighted by atomic mass is 32.1. The molecule has 1 atom stereocenters. The monoisotopic (exact) mass is 386 g/mol. The zero-order chi connectivity index (χ0) is 18.6. The van der Waals surface area contributed by atoms with E-state index >= 15 is 0 Å². The fraction of sp³-hybridized carbons (Fsp3) is 0.476. The van der Waals surface area contributed by atoms with E-state index in [9.17, 15) is 4.79 Å². The lowest BCUT2D eigenvalue weighted by Gasteiger charge is -2.33. The zero-order valence-electron chi connectivity index (χ0n) is 15.6. The normalized spacial score (nSPS) is 20.6. The predicted molar refractivity (Wildman–Crippen MR) is 106 cm³/mol. The molecule has 144 valence electrons. The molecule has 1 aromatic carbocycles. The van der Waals surface area contributed by atoms with E-state index in [2.05, 4.69) is 27.7 Å². The van der Waals surface area contributed by atoms with Crippen molar-refractivity contribution in [3.63, 3.8) is 0 Å². The standard InChI is InChI=1S/C21H26N2O3S/c1-25-18-5-4-15-11-16(14-26-20(15)12-18)21(24)22-17-6-8-23(9-7-17)13-19-3-2-10-27-19/h2-5,10,12,16-17H,6-9,11,13-14H2,1H3,(H,22,24). The van der Waals surface area contributed by atoms with Crippen molar-refractivity contribution in [1.29, 1.82) is 0 Å². The summed E-state index contributed by atoms with van der Waals surface area (Å²) in [5.74, 6) is 1.62. The van der Waals surface area contributed by atoms with Crippen molar-refractivity contribution >= 4 is 17.2 Å². The number of fused-ring (bicyclic) bond motifs is 1. The van der Waals surface area contributed by atoms with Gasteiger partial charge in [0.15, 0.2) is 0 Å². The second-order valence-electron chi connectivity index (χ2n) is 7.32. The van der Waals surface area contributed by atoms with Gasteiger partial charge in [-0.25, -0.2) is 0 Å². The van der Waals surface area contributed by atoms with Crippen LogP contribution >= 0.6 is 11.3 Å². The van der Waals surface area contributed by atoms with Crippen LogP contribution in [0.1, 0.15) is 23.3 Å². The number of ether oxygens (including phenoxy) is 2. The van der Waals surface area contributed by atoms with E-state index in [1.807, 2.05) is 29.5 Å². The van der Waals surface area contributed by atoms with Crippen LogP contribution in [0.4, 0.5) is 0 Å². The lowest BCUT2D eigenvalue weighted by molar-refractivity contribution is -0.127. The Hall–Kier alpha value is -2.05. The number of nitrogens with zero attached hydrogens (tertiary/aromatic N) is 1. The van der Waals surface area contributed by atoms with Gasteiger partial charge in [0.05, 0.1) is 13.0 Å². The van der Waals surface area contributed by atoms with Crippen LogP contribution in [-0.2, 0) is 17.8 Å². The number of nitrogens with one attached hydrogen (secondary N) is 1. The number of likely N-dealkylation sites (tertiary alicyclic amines) is 1. The summed E-state index contributed by atoms with van der Waals surface area (Å²) in [5.41, 5.74) is 1.08. The third-order valence-corrected chi connectivity index (χ3v) is 6.31. The molecule has 27 heavy (non-hydrogen) atoms. The van der Waals surface area contributed by atoms with E-state index in [1.54, 1.807) is 7.11 Å². The molecule has 5 nitrogen and oxygen atoms in total. The Morgan fingerprint density at radius 1 is 1.33 bits per heavy atom. The molecule has 2 aliphatic rings. The first-order chi connectivity index (χ1) is 13.2. The number of hydrogen-bond donors (Lipinski definition) is 1. The minimum atomic E-state index is -0.116. The van der Waals surface area contributed by atoms with Crippen LogP contribution in [-0.4, -0.2) is 43.7 Å². The first-order valence-corrected chi connectivity index (χ1v) is 10.4. The molecule has 0 saturated carbocycles. The lowest BCUT2D eigenvalue weighted by Crippen LogP contribution is -2.47. The van der Waals surface area contributed by atoms with Gasteiger partial charge in [-0.2, -0.15) is 0 Å². The van der Waals surface area contributed by atoms with Gasteiger partial charge in [-0.15, -0.1) is 11.3 Å². The molecule has 2 aliphatic heterocycles. The molecule has 1 amide bonds. The van der Waals surface area contributed by atoms with Crippen molar-refractivity contribution in [2.75, 3.05) is 26.8 Å². The quantitative estimate of drug-likeness (QED) is 0.858. The third-order valence-electron chi connectivity index (χ3n) is 5.44. The highest BCUT2D eigenvalue weighted by Crippen LogP contribution is 2.31. The van der Waals surface area contributed by atoms with Crippen molar-refractivity contribution in [2.24, 2.45) is 5.92 Å². The maximum Gasteiger partial charge on any atom is 0.227 e. The molecule has 0 aliphatic carbocycles. The van der Waals surface area contributed by atoms with E-state index in [-0.39, 0.29) is 17.9 Å². The number of piperidine rings is 1. The van der Waals surface area contributed by atoms with Crippen LogP contribution in [0.15, 0.2) is 35.7 Å². The molecular weight excluding hydrogens is 360 g/mol. The van der Waals surface area contributed by atoms with Gasteiger partial charge in [-0.1, -0.05) is 12.1 Å². The number of thiophene rings is 1. The number of rotatable bonds is 5. The number of carbonyl (C=O) groups excluding carboxylic acids is 1. The van der Waals surface area contributed by atoms with Crippen molar-refractivity contribution < 1.29 is 14.3 Å². The Labute approximate surface area is 164 Å². The molecule has 0 bridgehead atoms. The second-order valence-corrected chi connectivity index (χ2v) is 8.36. The first-order valence-electron chi connectivity index (χ1n) is 9.56. The SMILES string of the molecule is COc1ccc2c(c1)OCC(C(=O)NC1CCN(Cc3cccs3)CC1)C2. The largest absolute Gasteiger partial charge is 0.497 e. The first kappa shape index (κ1) is 18.3. The number of amides is 1. The summed E-state index contributed by atoms with van der Waals surface area (Å²) < 4.78 is 11.1. The molecule has 1 saturated heterocycles. The van der Waals surface area contributed by atoms with Gasteiger partial charge in [0.25, 0.3) is 0 Å². The lowest BCUT2D eigenvalue weighted by atomic mass is 9.95. The van der Waals surface area contributed by atoms with Crippen molar-refractivity contribution in [3.8, 4) is 11.5 Å². The zero-order valence-corrected chi connectivity index (χ0v) is 16.5. The Kier molecular flexibility index (Phi) is 5.64. The summed E-state index contributed by atoms with van der Waals surface area (Å²) in [6.45, 7) is 3.53. The molecule has 1 fully saturated rings. The van der Waals surface area contributed by atoms with Crippen LogP contribution in [0.3, 0.4) is 0 Å². The maximum atomic E-state index is 12.7. The van der Waals surface area contributed by atoms with E-state index < -0.39 is 0 Å². The molecule has 1 N–H and O–H groups in total. The Balaban J connectivity index is 1.26. The molecule has 0 spiro atoms. The van der Waals surface area contributed by atoms with Crippen LogP contribution < -0.4 is 14.8 Å². The molecule has 3 heterocycles. The highest BCUT2D eigenvalue weighted by molar-refractivity contribution is 7.09. The van der Waals surface area contributed by atoms with Crippen molar-refractivity contribution in [1.82, 2.24) is 10.2 Å². The molecule has 4 rings (SSSR count). The number of carbonyl (C=O) groups is 1. The summed E-state index contributed by atoms with van der Waals surface area (Å²) in [5, 5.41) is 5.38. The summed E-state index contributed by atoms with van der Waals surface area (Å²) in [4.78, 5) is 16.6. The summed E-state index contributed by atoms with van der Waals surface area (Å²) in [6.07, 6.45) is 2.75. The maximum absolute atomic E-state index is 12.7. The Morgan fingerprint density at radius 3 is 2.93 bits per heavy atom. The topological polar surface area (TPSA) is 50.8 Å². The van der Waals surface area contributed by atoms with E-state index in [1.165, 1.54) is 4.88 Å². The highest BCUT2D eigenvalue weighted by Gasteiger charge is 2.29. The van der Waals surface area contributed by atoms with Gasteiger partial charge in [0.1, 0.15) is 18.1 Å². The minimum absolute atomic E-state index is 0.116. The van der Waals surface area contributed by atoms with Crippen molar-refractivity contribution in [2.45, 2.75) is 31.8 Å². The molecular formula is C21H26N2O3S. The molecule has 1 unspecified atom stereocenters. The van der Waals surface area contributed by atoms with E-state index in [4.69, 9.17) is 9.47 Å². The Bertz CT molecular complexity index is 770. The van der Waals surface area contributed by atoms with Gasteiger partial charge in [0.2, 0.25) is 5.91 Å². The summed E-state index contributed by atoms with van der Waals surface area (Å²) in [7, 11) is 1.65. The van der Waals surface area contributed by atoms with Crippen LogP contribution in [0, 0.1) is 5.92 Å². The minimum Gasteiger partial charge on any atom is -0.497 e. The van der Waals surface area contributed by atoms with Gasteiger partial charge >= 0.3 is 0 Å². The van der Waals surface area contributed by atoms with E-state index in [0.717, 1.165) is 56.0 Å². The van der Waals surface area contributed by atoms with Crippen molar-refractivity contribution in [3.05, 3.63) is 46.2 Å².